The fraction of sp³-hybridized carbons (Fsp3) is 0.704. The molecule has 2 aliphatic heterocycles. The fourth-order valence-electron chi connectivity index (χ4n) is 6.03. The number of likely N-dealkylation sites (tertiary alicyclic amines) is 1. The zero-order valence-corrected chi connectivity index (χ0v) is 24.1. The predicted octanol–water partition coefficient (Wildman–Crippen LogP) is 3.56. The molecular weight excluding hydrogens is 508 g/mol. The first-order valence-corrected chi connectivity index (χ1v) is 16.1. The largest absolute Gasteiger partial charge is 0.355 e. The molecule has 2 fully saturated rings. The van der Waals surface area contributed by atoms with Crippen LogP contribution in [0.5, 0.6) is 0 Å². The molecule has 1 aromatic rings. The highest BCUT2D eigenvalue weighted by Gasteiger charge is 2.32. The maximum atomic E-state index is 13.4. The van der Waals surface area contributed by atoms with E-state index < -0.39 is 10.0 Å². The highest BCUT2D eigenvalue weighted by atomic mass is 32.2. The molecule has 2 heterocycles. The van der Waals surface area contributed by atoms with E-state index in [4.69, 9.17) is 0 Å². The quantitative estimate of drug-likeness (QED) is 0.473. The van der Waals surface area contributed by atoms with E-state index in [1.54, 1.807) is 25.2 Å². The van der Waals surface area contributed by atoms with E-state index in [0.29, 0.717) is 24.1 Å². The predicted molar refractivity (Wildman–Crippen MR) is 148 cm³/mol. The van der Waals surface area contributed by atoms with Crippen molar-refractivity contribution in [3.63, 3.8) is 0 Å². The summed E-state index contributed by atoms with van der Waals surface area (Å²) in [5.74, 6) is 1.24. The third-order valence-corrected chi connectivity index (χ3v) is 10.8. The zero-order chi connectivity index (χ0) is 26.6. The number of sulfonamides is 1. The third-order valence-electron chi connectivity index (χ3n) is 7.86. The van der Waals surface area contributed by atoms with Gasteiger partial charge in [0.1, 0.15) is 6.54 Å². The Bertz CT molecular complexity index is 1060. The smallest absolute Gasteiger partial charge is 0.243 e. The van der Waals surface area contributed by atoms with Gasteiger partial charge in [0.25, 0.3) is 0 Å². The number of nitrogens with zero attached hydrogens (tertiary/aromatic N) is 3. The molecule has 0 radical (unpaired) electrons. The van der Waals surface area contributed by atoms with Crippen LogP contribution in [0.3, 0.4) is 0 Å². The number of benzene rings is 1. The van der Waals surface area contributed by atoms with Gasteiger partial charge in [0.05, 0.1) is 16.3 Å². The van der Waals surface area contributed by atoms with Crippen molar-refractivity contribution in [2.24, 2.45) is 11.8 Å². The summed E-state index contributed by atoms with van der Waals surface area (Å²) in [6.45, 7) is 8.20. The Kier molecular flexibility index (Phi) is 9.58. The third kappa shape index (κ3) is 7.07. The molecule has 1 aliphatic carbocycles. The summed E-state index contributed by atoms with van der Waals surface area (Å²) < 4.78 is 28.3. The summed E-state index contributed by atoms with van der Waals surface area (Å²) in [4.78, 5) is 30.5. The Labute approximate surface area is 226 Å². The van der Waals surface area contributed by atoms with Crippen LogP contribution in [0.4, 0.5) is 5.69 Å². The number of carbonyl (C=O) groups is 2. The first-order chi connectivity index (χ1) is 17.6. The van der Waals surface area contributed by atoms with Crippen LogP contribution >= 0.6 is 11.8 Å². The summed E-state index contributed by atoms with van der Waals surface area (Å²) >= 11 is 1.38. The highest BCUT2D eigenvalue weighted by Crippen LogP contribution is 2.38. The number of hydrogen-bond acceptors (Lipinski definition) is 6. The van der Waals surface area contributed by atoms with Crippen LogP contribution in [0.1, 0.15) is 58.8 Å². The molecule has 1 saturated heterocycles. The SMILES string of the molecule is CC1CC(C)CN(CCCNC(=O)CN2C(=O)CSc3ccc(S(=O)(=O)N(C)C4CCCCC4)cc32)C1. The van der Waals surface area contributed by atoms with Gasteiger partial charge in [-0.15, -0.1) is 11.8 Å². The van der Waals surface area contributed by atoms with Crippen LogP contribution in [0.15, 0.2) is 28.0 Å². The molecule has 2 unspecified atom stereocenters. The molecule has 1 N–H and O–H groups in total. The van der Waals surface area contributed by atoms with Gasteiger partial charge in [-0.25, -0.2) is 8.42 Å². The second-order valence-corrected chi connectivity index (χ2v) is 14.1. The van der Waals surface area contributed by atoms with Gasteiger partial charge in [0.15, 0.2) is 0 Å². The number of hydrogen-bond donors (Lipinski definition) is 1. The average molecular weight is 551 g/mol. The van der Waals surface area contributed by atoms with Crippen molar-refractivity contribution in [3.8, 4) is 0 Å². The Hall–Kier alpha value is -1.62. The van der Waals surface area contributed by atoms with Crippen LogP contribution in [0.25, 0.3) is 0 Å². The maximum absolute atomic E-state index is 13.4. The number of thioether (sulfide) groups is 1. The van der Waals surface area contributed by atoms with E-state index in [2.05, 4.69) is 24.1 Å². The first kappa shape index (κ1) is 28.4. The van der Waals surface area contributed by atoms with Gasteiger partial charge in [0, 0.05) is 37.6 Å². The Morgan fingerprint density at radius 3 is 2.54 bits per heavy atom. The van der Waals surface area contributed by atoms with Crippen molar-refractivity contribution in [1.82, 2.24) is 14.5 Å². The Morgan fingerprint density at radius 1 is 1.14 bits per heavy atom. The molecule has 4 rings (SSSR count). The molecule has 0 bridgehead atoms. The van der Waals surface area contributed by atoms with Crippen molar-refractivity contribution in [1.29, 1.82) is 0 Å². The van der Waals surface area contributed by atoms with Crippen LogP contribution in [0, 0.1) is 11.8 Å². The second kappa shape index (κ2) is 12.5. The number of piperidine rings is 1. The standard InChI is InChI=1S/C27H42N4O4S2/c1-20-14-21(2)17-30(16-20)13-7-12-28-26(32)18-31-24-15-23(10-11-25(24)36-19-27(31)33)37(34,35)29(3)22-8-5-4-6-9-22/h10-11,15,20-22H,4-9,12-14,16-19H2,1-3H3,(H,28,32). The number of rotatable bonds is 9. The van der Waals surface area contributed by atoms with Gasteiger partial charge in [-0.2, -0.15) is 4.31 Å². The van der Waals surface area contributed by atoms with Gasteiger partial charge in [-0.05, 0) is 62.3 Å². The van der Waals surface area contributed by atoms with Crippen LogP contribution in [-0.2, 0) is 19.6 Å². The maximum Gasteiger partial charge on any atom is 0.243 e. The lowest BCUT2D eigenvalue weighted by atomic mass is 9.92. The van der Waals surface area contributed by atoms with Crippen molar-refractivity contribution in [2.45, 2.75) is 74.6 Å². The second-order valence-electron chi connectivity index (χ2n) is 11.1. The van der Waals surface area contributed by atoms with E-state index in [1.807, 2.05) is 0 Å². The molecule has 2 atom stereocenters. The van der Waals surface area contributed by atoms with E-state index in [9.17, 15) is 18.0 Å². The topological polar surface area (TPSA) is 90.0 Å². The minimum atomic E-state index is -3.70. The van der Waals surface area contributed by atoms with E-state index >= 15 is 0 Å². The molecular formula is C27H42N4O4S2. The van der Waals surface area contributed by atoms with Gasteiger partial charge in [-0.3, -0.25) is 9.59 Å². The molecule has 0 aromatic heterocycles. The lowest BCUT2D eigenvalue weighted by Gasteiger charge is -2.35. The molecule has 1 aromatic carbocycles. The number of amides is 2. The number of fused-ring (bicyclic) bond motifs is 1. The van der Waals surface area contributed by atoms with Gasteiger partial charge >= 0.3 is 0 Å². The van der Waals surface area contributed by atoms with Crippen molar-refractivity contribution in [2.75, 3.05) is 50.4 Å². The van der Waals surface area contributed by atoms with Gasteiger partial charge in [-0.1, -0.05) is 33.1 Å². The van der Waals surface area contributed by atoms with Gasteiger partial charge < -0.3 is 15.1 Å². The summed E-state index contributed by atoms with van der Waals surface area (Å²) in [7, 11) is -2.04. The first-order valence-electron chi connectivity index (χ1n) is 13.7. The van der Waals surface area contributed by atoms with Gasteiger partial charge in [0.2, 0.25) is 21.8 Å². The normalized spacial score (nSPS) is 23.8. The Morgan fingerprint density at radius 2 is 1.84 bits per heavy atom. The number of carbonyl (C=O) groups excluding carboxylic acids is 2. The van der Waals surface area contributed by atoms with E-state index in [1.165, 1.54) is 27.4 Å². The minimum absolute atomic E-state index is 0.00373. The molecule has 0 spiro atoms. The number of nitrogens with one attached hydrogen (secondary N) is 1. The monoisotopic (exact) mass is 550 g/mol. The molecule has 1 saturated carbocycles. The molecule has 3 aliphatic rings. The zero-order valence-electron chi connectivity index (χ0n) is 22.4. The average Bonchev–Trinajstić information content (AvgIpc) is 2.87. The van der Waals surface area contributed by atoms with E-state index in [0.717, 1.165) is 63.1 Å². The van der Waals surface area contributed by atoms with E-state index in [-0.39, 0.29) is 35.0 Å². The van der Waals surface area contributed by atoms with Crippen molar-refractivity contribution < 1.29 is 18.0 Å². The lowest BCUT2D eigenvalue weighted by Crippen LogP contribution is -2.44. The molecule has 206 valence electrons. The summed E-state index contributed by atoms with van der Waals surface area (Å²) in [5.41, 5.74) is 0.505. The molecule has 2 amide bonds. The summed E-state index contributed by atoms with van der Waals surface area (Å²) in [6, 6.07) is 4.96. The summed E-state index contributed by atoms with van der Waals surface area (Å²) in [6.07, 6.45) is 7.11. The highest BCUT2D eigenvalue weighted by molar-refractivity contribution is 8.00. The molecule has 10 heteroatoms. The van der Waals surface area contributed by atoms with Crippen molar-refractivity contribution in [3.05, 3.63) is 18.2 Å². The van der Waals surface area contributed by atoms with Crippen molar-refractivity contribution >= 4 is 39.3 Å². The molecule has 8 nitrogen and oxygen atoms in total. The van der Waals surface area contributed by atoms with Crippen LogP contribution < -0.4 is 10.2 Å². The Balaban J connectivity index is 1.37. The lowest BCUT2D eigenvalue weighted by molar-refractivity contribution is -0.123. The minimum Gasteiger partial charge on any atom is -0.355 e. The molecule has 37 heavy (non-hydrogen) atoms. The van der Waals surface area contributed by atoms with Crippen LogP contribution in [-0.4, -0.2) is 81.0 Å². The summed E-state index contributed by atoms with van der Waals surface area (Å²) in [5, 5.41) is 2.96. The van der Waals surface area contributed by atoms with Crippen LogP contribution in [0.2, 0.25) is 0 Å². The fourth-order valence-corrected chi connectivity index (χ4v) is 8.38. The number of anilines is 1.